The first-order chi connectivity index (χ1) is 6.09. The molecule has 13 heavy (non-hydrogen) atoms. The molecule has 0 bridgehead atoms. The van der Waals surface area contributed by atoms with Crippen molar-refractivity contribution < 1.29 is 4.39 Å². The molecule has 0 aromatic carbocycles. The Balaban J connectivity index is 2.03. The van der Waals surface area contributed by atoms with Crippen molar-refractivity contribution in [3.8, 4) is 0 Å². The van der Waals surface area contributed by atoms with Gasteiger partial charge in [-0.15, -0.1) is 11.3 Å². The van der Waals surface area contributed by atoms with Gasteiger partial charge in [-0.05, 0) is 40.2 Å². The Morgan fingerprint density at radius 1 is 1.69 bits per heavy atom. The van der Waals surface area contributed by atoms with Gasteiger partial charge in [0.2, 0.25) is 0 Å². The van der Waals surface area contributed by atoms with Crippen LogP contribution in [-0.4, -0.2) is 11.7 Å². The van der Waals surface area contributed by atoms with E-state index >= 15 is 0 Å². The van der Waals surface area contributed by atoms with Crippen molar-refractivity contribution in [3.05, 3.63) is 20.8 Å². The summed E-state index contributed by atoms with van der Waals surface area (Å²) >= 11 is 5.00. The normalized spacial score (nSPS) is 33.0. The second-order valence-corrected chi connectivity index (χ2v) is 5.54. The Hall–Kier alpha value is 0.0700. The van der Waals surface area contributed by atoms with E-state index in [0.29, 0.717) is 19.3 Å². The Morgan fingerprint density at radius 2 is 2.38 bits per heavy atom. The molecule has 0 amide bonds. The molecule has 0 unspecified atom stereocenters. The first-order valence-electron chi connectivity index (χ1n) is 4.25. The average molecular weight is 264 g/mol. The first kappa shape index (κ1) is 9.62. The van der Waals surface area contributed by atoms with Crippen molar-refractivity contribution in [1.82, 2.24) is 0 Å². The van der Waals surface area contributed by atoms with Gasteiger partial charge in [-0.25, -0.2) is 4.39 Å². The quantitative estimate of drug-likeness (QED) is 0.873. The summed E-state index contributed by atoms with van der Waals surface area (Å²) in [7, 11) is 0. The topological polar surface area (TPSA) is 26.0 Å². The van der Waals surface area contributed by atoms with Gasteiger partial charge >= 0.3 is 0 Å². The van der Waals surface area contributed by atoms with Crippen LogP contribution < -0.4 is 5.73 Å². The number of halogens is 2. The van der Waals surface area contributed by atoms with Crippen molar-refractivity contribution in [2.75, 3.05) is 0 Å². The van der Waals surface area contributed by atoms with Crippen molar-refractivity contribution in [3.63, 3.8) is 0 Å². The second kappa shape index (κ2) is 3.33. The number of alkyl halides is 1. The van der Waals surface area contributed by atoms with Crippen molar-refractivity contribution in [1.29, 1.82) is 0 Å². The summed E-state index contributed by atoms with van der Waals surface area (Å²) in [4.78, 5) is 1.09. The molecule has 0 saturated heterocycles. The number of hydrogen-bond donors (Lipinski definition) is 1. The van der Waals surface area contributed by atoms with E-state index in [1.165, 1.54) is 0 Å². The van der Waals surface area contributed by atoms with Gasteiger partial charge in [0.1, 0.15) is 5.67 Å². The lowest BCUT2D eigenvalue weighted by Crippen LogP contribution is -2.49. The van der Waals surface area contributed by atoms with Crippen LogP contribution in [0.2, 0.25) is 0 Å². The van der Waals surface area contributed by atoms with Crippen LogP contribution in [0.5, 0.6) is 0 Å². The lowest BCUT2D eigenvalue weighted by molar-refractivity contribution is 0.0451. The fraction of sp³-hybridized carbons (Fsp3) is 0.556. The number of rotatable bonds is 2. The predicted molar refractivity (Wildman–Crippen MR) is 56.8 cm³/mol. The van der Waals surface area contributed by atoms with E-state index in [0.717, 1.165) is 9.35 Å². The minimum atomic E-state index is -1.03. The molecule has 4 heteroatoms. The molecule has 0 spiro atoms. The number of nitrogens with two attached hydrogens (primary N) is 1. The third kappa shape index (κ3) is 1.95. The van der Waals surface area contributed by atoms with E-state index in [9.17, 15) is 4.39 Å². The van der Waals surface area contributed by atoms with Gasteiger partial charge < -0.3 is 5.73 Å². The molecule has 0 atom stereocenters. The zero-order valence-electron chi connectivity index (χ0n) is 7.09. The zero-order valence-corrected chi connectivity index (χ0v) is 9.50. The minimum absolute atomic E-state index is 0.0729. The lowest BCUT2D eigenvalue weighted by atomic mass is 9.75. The van der Waals surface area contributed by atoms with Gasteiger partial charge in [0.15, 0.2) is 0 Å². The summed E-state index contributed by atoms with van der Waals surface area (Å²) in [5, 5.41) is 1.97. The molecule has 72 valence electrons. The fourth-order valence-corrected chi connectivity index (χ4v) is 3.38. The lowest BCUT2D eigenvalue weighted by Gasteiger charge is -2.39. The molecular formula is C9H11BrFNS. The Morgan fingerprint density at radius 3 is 2.85 bits per heavy atom. The third-order valence-corrected chi connectivity index (χ3v) is 4.35. The predicted octanol–water partition coefficient (Wildman–Crippen LogP) is 2.88. The van der Waals surface area contributed by atoms with Crippen LogP contribution in [0.1, 0.15) is 17.7 Å². The number of thiophene rings is 1. The summed E-state index contributed by atoms with van der Waals surface area (Å²) in [5.74, 6) is 0. The van der Waals surface area contributed by atoms with Crippen LogP contribution in [-0.2, 0) is 6.42 Å². The van der Waals surface area contributed by atoms with Gasteiger partial charge in [0, 0.05) is 21.8 Å². The monoisotopic (exact) mass is 263 g/mol. The minimum Gasteiger partial charge on any atom is -0.327 e. The van der Waals surface area contributed by atoms with Crippen LogP contribution >= 0.6 is 27.3 Å². The molecular weight excluding hydrogens is 253 g/mol. The van der Waals surface area contributed by atoms with E-state index < -0.39 is 5.67 Å². The van der Waals surface area contributed by atoms with Crippen LogP contribution in [0.3, 0.4) is 0 Å². The maximum Gasteiger partial charge on any atom is 0.118 e. The van der Waals surface area contributed by atoms with E-state index in [4.69, 9.17) is 5.73 Å². The van der Waals surface area contributed by atoms with Crippen LogP contribution in [0, 0.1) is 0 Å². The molecule has 1 heterocycles. The molecule has 0 aliphatic heterocycles. The molecule has 1 aromatic heterocycles. The van der Waals surface area contributed by atoms with E-state index in [1.54, 1.807) is 11.3 Å². The second-order valence-electron chi connectivity index (χ2n) is 3.69. The van der Waals surface area contributed by atoms with Crippen LogP contribution in [0.4, 0.5) is 4.39 Å². The summed E-state index contributed by atoms with van der Waals surface area (Å²) < 4.78 is 14.8. The molecule has 1 saturated carbocycles. The summed E-state index contributed by atoms with van der Waals surface area (Å²) in [5.41, 5.74) is 4.54. The highest BCUT2D eigenvalue weighted by Gasteiger charge is 2.43. The molecule has 1 aromatic rings. The molecule has 2 N–H and O–H groups in total. The van der Waals surface area contributed by atoms with Crippen molar-refractivity contribution in [2.45, 2.75) is 31.0 Å². The van der Waals surface area contributed by atoms with Crippen molar-refractivity contribution >= 4 is 27.3 Å². The Bertz CT molecular complexity index is 306. The fourth-order valence-electron chi connectivity index (χ4n) is 1.76. The van der Waals surface area contributed by atoms with Crippen molar-refractivity contribution in [2.24, 2.45) is 5.73 Å². The maximum absolute atomic E-state index is 13.8. The van der Waals surface area contributed by atoms with Gasteiger partial charge in [-0.1, -0.05) is 0 Å². The average Bonchev–Trinajstić information content (AvgIpc) is 2.33. The van der Waals surface area contributed by atoms with E-state index in [2.05, 4.69) is 15.9 Å². The van der Waals surface area contributed by atoms with Gasteiger partial charge in [-0.2, -0.15) is 0 Å². The molecule has 1 aliphatic rings. The van der Waals surface area contributed by atoms with E-state index in [-0.39, 0.29) is 6.04 Å². The van der Waals surface area contributed by atoms with E-state index in [1.807, 2.05) is 11.4 Å². The molecule has 2 rings (SSSR count). The Kier molecular flexibility index (Phi) is 2.47. The SMILES string of the molecule is NC1CC(F)(Cc2sccc2Br)C1. The molecule has 1 nitrogen and oxygen atoms in total. The molecule has 1 aliphatic carbocycles. The standard InChI is InChI=1S/C9H11BrFNS/c10-7-1-2-13-8(7)5-9(11)3-6(12)4-9/h1-2,6H,3-5,12H2. The summed E-state index contributed by atoms with van der Waals surface area (Å²) in [6.07, 6.45) is 1.54. The summed E-state index contributed by atoms with van der Waals surface area (Å²) in [6.45, 7) is 0. The van der Waals surface area contributed by atoms with Gasteiger partial charge in [0.05, 0.1) is 0 Å². The first-order valence-corrected chi connectivity index (χ1v) is 5.93. The largest absolute Gasteiger partial charge is 0.327 e. The Labute approximate surface area is 89.3 Å². The maximum atomic E-state index is 13.8. The highest BCUT2D eigenvalue weighted by Crippen LogP contribution is 2.40. The third-order valence-electron chi connectivity index (χ3n) is 2.42. The highest BCUT2D eigenvalue weighted by molar-refractivity contribution is 9.10. The smallest absolute Gasteiger partial charge is 0.118 e. The van der Waals surface area contributed by atoms with Crippen LogP contribution in [0.15, 0.2) is 15.9 Å². The van der Waals surface area contributed by atoms with Gasteiger partial charge in [-0.3, -0.25) is 0 Å². The zero-order chi connectivity index (χ0) is 9.47. The van der Waals surface area contributed by atoms with Crippen LogP contribution in [0.25, 0.3) is 0 Å². The molecule has 0 radical (unpaired) electrons. The highest BCUT2D eigenvalue weighted by atomic mass is 79.9. The molecule has 1 fully saturated rings. The van der Waals surface area contributed by atoms with Gasteiger partial charge in [0.25, 0.3) is 0 Å². The number of hydrogen-bond acceptors (Lipinski definition) is 2. The summed E-state index contributed by atoms with van der Waals surface area (Å²) in [6, 6.07) is 2.03.